The fraction of sp³-hybridized carbons (Fsp3) is 0.231. The van der Waals surface area contributed by atoms with Crippen molar-refractivity contribution in [3.63, 3.8) is 0 Å². The normalized spacial score (nSPS) is 24.5. The predicted molar refractivity (Wildman–Crippen MR) is 66.6 cm³/mol. The molecule has 0 heterocycles. The van der Waals surface area contributed by atoms with E-state index < -0.39 is 0 Å². The molecule has 0 aliphatic heterocycles. The van der Waals surface area contributed by atoms with Gasteiger partial charge in [0.25, 0.3) is 0 Å². The third-order valence-corrected chi connectivity index (χ3v) is 2.84. The molecule has 72 valence electrons. The molecular weight excluding hydrogens is 188 g/mol. The molecule has 0 aromatic heterocycles. The SMILES string of the molecule is Cc1cccc2c1C=CC(C)(S)C=C2. The zero-order chi connectivity index (χ0) is 10.2. The maximum Gasteiger partial charge on any atom is 0.0466 e. The Morgan fingerprint density at radius 3 is 2.64 bits per heavy atom. The van der Waals surface area contributed by atoms with E-state index >= 15 is 0 Å². The zero-order valence-electron chi connectivity index (χ0n) is 8.49. The summed E-state index contributed by atoms with van der Waals surface area (Å²) >= 11 is 4.55. The lowest BCUT2D eigenvalue weighted by Gasteiger charge is -2.10. The van der Waals surface area contributed by atoms with Gasteiger partial charge in [0.05, 0.1) is 0 Å². The Morgan fingerprint density at radius 1 is 1.14 bits per heavy atom. The van der Waals surface area contributed by atoms with Crippen LogP contribution in [0.4, 0.5) is 0 Å². The average molecular weight is 202 g/mol. The first-order valence-electron chi connectivity index (χ1n) is 4.79. The third kappa shape index (κ3) is 1.78. The van der Waals surface area contributed by atoms with Crippen molar-refractivity contribution in [1.82, 2.24) is 0 Å². The van der Waals surface area contributed by atoms with Crippen LogP contribution in [-0.2, 0) is 0 Å². The lowest BCUT2D eigenvalue weighted by Crippen LogP contribution is -2.05. The molecule has 0 N–H and O–H groups in total. The second kappa shape index (κ2) is 3.32. The molecule has 0 saturated heterocycles. The Labute approximate surface area is 90.8 Å². The van der Waals surface area contributed by atoms with E-state index in [9.17, 15) is 0 Å². The van der Waals surface area contributed by atoms with Crippen LogP contribution in [0.15, 0.2) is 30.4 Å². The van der Waals surface area contributed by atoms with Crippen molar-refractivity contribution in [3.8, 4) is 0 Å². The lowest BCUT2D eigenvalue weighted by molar-refractivity contribution is 1.03. The molecule has 2 rings (SSSR count). The summed E-state index contributed by atoms with van der Waals surface area (Å²) in [4.78, 5) is 0. The van der Waals surface area contributed by atoms with Crippen LogP contribution in [-0.4, -0.2) is 4.75 Å². The number of rotatable bonds is 0. The number of aryl methyl sites for hydroxylation is 1. The van der Waals surface area contributed by atoms with Gasteiger partial charge in [-0.05, 0) is 30.5 Å². The van der Waals surface area contributed by atoms with Crippen molar-refractivity contribution in [2.24, 2.45) is 0 Å². The van der Waals surface area contributed by atoms with E-state index in [0.717, 1.165) is 0 Å². The van der Waals surface area contributed by atoms with E-state index in [1.54, 1.807) is 0 Å². The van der Waals surface area contributed by atoms with Crippen molar-refractivity contribution in [1.29, 1.82) is 0 Å². The summed E-state index contributed by atoms with van der Waals surface area (Å²) in [5, 5.41) is 0. The number of benzene rings is 1. The Bertz CT molecular complexity index is 411. The molecule has 0 fully saturated rings. The van der Waals surface area contributed by atoms with E-state index in [1.165, 1.54) is 16.7 Å². The standard InChI is InChI=1S/C13H14S/c1-10-4-3-5-11-6-8-13(2,14)9-7-12(10)11/h3-9,14H,1-2H3. The summed E-state index contributed by atoms with van der Waals surface area (Å²) in [6, 6.07) is 6.37. The molecule has 0 nitrogen and oxygen atoms in total. The third-order valence-electron chi connectivity index (χ3n) is 2.55. The average Bonchev–Trinajstić information content (AvgIpc) is 2.27. The summed E-state index contributed by atoms with van der Waals surface area (Å²) in [6.45, 7) is 4.22. The minimum atomic E-state index is -0.133. The van der Waals surface area contributed by atoms with Crippen LogP contribution in [0.5, 0.6) is 0 Å². The first-order chi connectivity index (χ1) is 6.58. The Morgan fingerprint density at radius 2 is 1.86 bits per heavy atom. The number of fused-ring (bicyclic) bond motifs is 1. The number of thiol groups is 1. The molecule has 0 spiro atoms. The van der Waals surface area contributed by atoms with Gasteiger partial charge in [0, 0.05) is 4.75 Å². The fourth-order valence-electron chi connectivity index (χ4n) is 1.64. The molecule has 1 aromatic carbocycles. The van der Waals surface area contributed by atoms with Gasteiger partial charge in [-0.15, -0.1) is 0 Å². The minimum Gasteiger partial charge on any atom is -0.164 e. The van der Waals surface area contributed by atoms with E-state index in [1.807, 2.05) is 0 Å². The Balaban J connectivity index is 2.60. The van der Waals surface area contributed by atoms with Crippen LogP contribution < -0.4 is 0 Å². The zero-order valence-corrected chi connectivity index (χ0v) is 9.38. The van der Waals surface area contributed by atoms with Gasteiger partial charge in [0.1, 0.15) is 0 Å². The van der Waals surface area contributed by atoms with Gasteiger partial charge < -0.3 is 0 Å². The molecule has 0 amide bonds. The van der Waals surface area contributed by atoms with Crippen LogP contribution in [0, 0.1) is 6.92 Å². The highest BCUT2D eigenvalue weighted by Crippen LogP contribution is 2.27. The predicted octanol–water partition coefficient (Wildman–Crippen LogP) is 3.72. The van der Waals surface area contributed by atoms with Gasteiger partial charge in [-0.2, -0.15) is 12.6 Å². The van der Waals surface area contributed by atoms with E-state index in [2.05, 4.69) is 69.0 Å². The van der Waals surface area contributed by atoms with Gasteiger partial charge in [0.15, 0.2) is 0 Å². The quantitative estimate of drug-likeness (QED) is 0.609. The lowest BCUT2D eigenvalue weighted by atomic mass is 10.0. The van der Waals surface area contributed by atoms with E-state index in [0.29, 0.717) is 0 Å². The van der Waals surface area contributed by atoms with Gasteiger partial charge in [0.2, 0.25) is 0 Å². The second-order valence-electron chi connectivity index (χ2n) is 3.97. The molecule has 0 saturated carbocycles. The Hall–Kier alpha value is -0.950. The first kappa shape index (κ1) is 9.60. The molecule has 1 aliphatic rings. The van der Waals surface area contributed by atoms with Crippen molar-refractivity contribution in [3.05, 3.63) is 47.0 Å². The van der Waals surface area contributed by atoms with Gasteiger partial charge in [-0.25, -0.2) is 0 Å². The van der Waals surface area contributed by atoms with Crippen LogP contribution in [0.1, 0.15) is 23.6 Å². The van der Waals surface area contributed by atoms with Crippen molar-refractivity contribution in [2.45, 2.75) is 18.6 Å². The summed E-state index contributed by atoms with van der Waals surface area (Å²) in [5.41, 5.74) is 3.90. The smallest absolute Gasteiger partial charge is 0.0466 e. The molecule has 1 unspecified atom stereocenters. The monoisotopic (exact) mass is 202 g/mol. The van der Waals surface area contributed by atoms with Crippen molar-refractivity contribution in [2.75, 3.05) is 0 Å². The molecule has 14 heavy (non-hydrogen) atoms. The summed E-state index contributed by atoms with van der Waals surface area (Å²) in [6.07, 6.45) is 8.57. The highest BCUT2D eigenvalue weighted by Gasteiger charge is 2.13. The van der Waals surface area contributed by atoms with Crippen LogP contribution >= 0.6 is 12.6 Å². The van der Waals surface area contributed by atoms with Crippen LogP contribution in [0.25, 0.3) is 12.2 Å². The van der Waals surface area contributed by atoms with Crippen LogP contribution in [0.3, 0.4) is 0 Å². The minimum absolute atomic E-state index is 0.133. The van der Waals surface area contributed by atoms with Gasteiger partial charge in [-0.1, -0.05) is 42.5 Å². The summed E-state index contributed by atoms with van der Waals surface area (Å²) in [7, 11) is 0. The number of hydrogen-bond acceptors (Lipinski definition) is 1. The summed E-state index contributed by atoms with van der Waals surface area (Å²) < 4.78 is -0.133. The van der Waals surface area contributed by atoms with Gasteiger partial charge >= 0.3 is 0 Å². The largest absolute Gasteiger partial charge is 0.164 e. The van der Waals surface area contributed by atoms with E-state index in [-0.39, 0.29) is 4.75 Å². The summed E-state index contributed by atoms with van der Waals surface area (Å²) in [5.74, 6) is 0. The Kier molecular flexibility index (Phi) is 2.28. The highest BCUT2D eigenvalue weighted by atomic mass is 32.1. The first-order valence-corrected chi connectivity index (χ1v) is 5.24. The molecule has 0 bridgehead atoms. The molecule has 0 radical (unpaired) electrons. The highest BCUT2D eigenvalue weighted by molar-refractivity contribution is 7.82. The molecule has 1 aliphatic carbocycles. The molecule has 1 atom stereocenters. The van der Waals surface area contributed by atoms with Crippen LogP contribution in [0.2, 0.25) is 0 Å². The maximum atomic E-state index is 4.55. The maximum absolute atomic E-state index is 4.55. The van der Waals surface area contributed by atoms with Gasteiger partial charge in [-0.3, -0.25) is 0 Å². The van der Waals surface area contributed by atoms with E-state index in [4.69, 9.17) is 0 Å². The van der Waals surface area contributed by atoms with Crippen molar-refractivity contribution < 1.29 is 0 Å². The second-order valence-corrected chi connectivity index (χ2v) is 4.93. The molecule has 1 heteroatoms. The van der Waals surface area contributed by atoms with Crippen molar-refractivity contribution >= 4 is 24.8 Å². The topological polar surface area (TPSA) is 0 Å². The number of hydrogen-bond donors (Lipinski definition) is 1. The molecular formula is C13H14S. The molecule has 1 aromatic rings. The fourth-order valence-corrected chi connectivity index (χ4v) is 1.79.